The first-order valence-corrected chi connectivity index (χ1v) is 10.6. The van der Waals surface area contributed by atoms with Gasteiger partial charge < -0.3 is 6.16 Å². The molecule has 0 aromatic heterocycles. The molecule has 0 fully saturated rings. The molecular formula is C23H39NaO2. The second kappa shape index (κ2) is 19.5. The molecule has 1 aromatic rings. The number of benzene rings is 1. The van der Waals surface area contributed by atoms with Crippen LogP contribution in [0.5, 0.6) is 0 Å². The molecule has 0 atom stereocenters. The Bertz CT molecular complexity index is 426. The van der Waals surface area contributed by atoms with Gasteiger partial charge in [0, 0.05) is 0 Å². The van der Waals surface area contributed by atoms with E-state index in [4.69, 9.17) is 4.74 Å². The average Bonchev–Trinajstić information content (AvgIpc) is 2.65. The van der Waals surface area contributed by atoms with Crippen LogP contribution in [-0.2, 0) is 4.74 Å². The van der Waals surface area contributed by atoms with Crippen LogP contribution in [0.1, 0.15) is 109 Å². The van der Waals surface area contributed by atoms with Crippen molar-refractivity contribution in [3.8, 4) is 0 Å². The van der Waals surface area contributed by atoms with E-state index in [1.165, 1.54) is 83.5 Å². The molecule has 0 saturated carbocycles. The zero-order valence-electron chi connectivity index (χ0n) is 18.3. The van der Waals surface area contributed by atoms with Gasteiger partial charge in [-0.3, -0.25) is 0 Å². The Morgan fingerprint density at radius 3 is 1.62 bits per heavy atom. The summed E-state index contributed by atoms with van der Waals surface area (Å²) in [6.45, 7) is 2.82. The van der Waals surface area contributed by atoms with Gasteiger partial charge in [-0.05, 0) is 18.6 Å². The van der Waals surface area contributed by atoms with Crippen molar-refractivity contribution < 1.29 is 40.5 Å². The van der Waals surface area contributed by atoms with Gasteiger partial charge in [0.15, 0.2) is 0 Å². The number of carbonyl (C=O) groups is 1. The molecule has 26 heavy (non-hydrogen) atoms. The summed E-state index contributed by atoms with van der Waals surface area (Å²) >= 11 is 0. The van der Waals surface area contributed by atoms with Gasteiger partial charge in [0.25, 0.3) is 0 Å². The third-order valence-electron chi connectivity index (χ3n) is 4.74. The second-order valence-corrected chi connectivity index (χ2v) is 7.10. The molecule has 0 heterocycles. The van der Waals surface area contributed by atoms with Crippen molar-refractivity contribution in [3.05, 3.63) is 35.9 Å². The van der Waals surface area contributed by atoms with Crippen molar-refractivity contribution >= 4 is 5.97 Å². The third-order valence-corrected chi connectivity index (χ3v) is 4.74. The maximum absolute atomic E-state index is 11.8. The Kier molecular flexibility index (Phi) is 19.2. The van der Waals surface area contributed by atoms with Crippen LogP contribution in [0.4, 0.5) is 0 Å². The van der Waals surface area contributed by atoms with Crippen molar-refractivity contribution in [1.29, 1.82) is 0 Å². The number of unbranched alkanes of at least 4 members (excludes halogenated alkanes) is 13. The quantitative estimate of drug-likeness (QED) is 0.244. The first-order chi connectivity index (χ1) is 12.3. The molecule has 3 heteroatoms. The predicted octanol–water partition coefficient (Wildman–Crippen LogP) is 4.44. The number of hydrogen-bond donors (Lipinski definition) is 0. The zero-order chi connectivity index (χ0) is 18.0. The van der Waals surface area contributed by atoms with Crippen LogP contribution in [0, 0.1) is 0 Å². The molecule has 0 unspecified atom stereocenters. The fourth-order valence-corrected chi connectivity index (χ4v) is 3.12. The normalized spacial score (nSPS) is 10.3. The zero-order valence-corrected chi connectivity index (χ0v) is 19.3. The number of ether oxygens (including phenoxy) is 1. The number of carbonyl (C=O) groups excluding carboxylic acids is 1. The standard InChI is InChI=1S/C23H38O2.Na.H/c1-2-3-4-5-6-7-8-9-10-11-12-13-14-18-21-25-23(24)22-19-16-15-17-20-22;;/h15-17,19-20H,2-14,18,21H2,1H3;;/q;+1;-1. The van der Waals surface area contributed by atoms with Crippen LogP contribution in [0.3, 0.4) is 0 Å². The summed E-state index contributed by atoms with van der Waals surface area (Å²) in [4.78, 5) is 11.8. The maximum Gasteiger partial charge on any atom is 1.00 e. The predicted molar refractivity (Wildman–Crippen MR) is 108 cm³/mol. The van der Waals surface area contributed by atoms with Gasteiger partial charge >= 0.3 is 35.5 Å². The van der Waals surface area contributed by atoms with E-state index in [0.717, 1.165) is 6.42 Å². The van der Waals surface area contributed by atoms with Gasteiger partial charge in [-0.2, -0.15) is 0 Å². The average molecular weight is 371 g/mol. The molecule has 144 valence electrons. The fourth-order valence-electron chi connectivity index (χ4n) is 3.12. The van der Waals surface area contributed by atoms with E-state index in [0.29, 0.717) is 12.2 Å². The van der Waals surface area contributed by atoms with Crippen LogP contribution in [0.2, 0.25) is 0 Å². The van der Waals surface area contributed by atoms with E-state index in [2.05, 4.69) is 6.92 Å². The minimum Gasteiger partial charge on any atom is -1.00 e. The summed E-state index contributed by atoms with van der Waals surface area (Å²) in [5.41, 5.74) is 0.646. The van der Waals surface area contributed by atoms with Crippen LogP contribution in [0.15, 0.2) is 30.3 Å². The van der Waals surface area contributed by atoms with Gasteiger partial charge in [-0.15, -0.1) is 0 Å². The molecule has 0 bridgehead atoms. The molecule has 1 aromatic carbocycles. The van der Waals surface area contributed by atoms with Gasteiger partial charge in [0.05, 0.1) is 12.2 Å². The summed E-state index contributed by atoms with van der Waals surface area (Å²) < 4.78 is 5.30. The minimum atomic E-state index is -0.199. The molecule has 0 aliphatic heterocycles. The Labute approximate surface area is 185 Å². The molecule has 0 aliphatic rings. The largest absolute Gasteiger partial charge is 1.00 e. The van der Waals surface area contributed by atoms with Crippen molar-refractivity contribution in [2.24, 2.45) is 0 Å². The molecule has 0 N–H and O–H groups in total. The first kappa shape index (κ1) is 25.7. The maximum atomic E-state index is 11.8. The Balaban J connectivity index is 0. The van der Waals surface area contributed by atoms with Crippen LogP contribution in [-0.4, -0.2) is 12.6 Å². The third kappa shape index (κ3) is 14.8. The van der Waals surface area contributed by atoms with Gasteiger partial charge in [-0.25, -0.2) is 4.79 Å². The minimum absolute atomic E-state index is 0. The van der Waals surface area contributed by atoms with Crippen LogP contribution >= 0.6 is 0 Å². The molecule has 0 spiro atoms. The van der Waals surface area contributed by atoms with Crippen molar-refractivity contribution in [3.63, 3.8) is 0 Å². The van der Waals surface area contributed by atoms with Crippen LogP contribution < -0.4 is 29.6 Å². The van der Waals surface area contributed by atoms with Crippen LogP contribution in [0.25, 0.3) is 0 Å². The topological polar surface area (TPSA) is 26.3 Å². The van der Waals surface area contributed by atoms with E-state index in [-0.39, 0.29) is 37.0 Å². The van der Waals surface area contributed by atoms with E-state index in [1.807, 2.05) is 18.2 Å². The van der Waals surface area contributed by atoms with Gasteiger partial charge in [0.2, 0.25) is 0 Å². The molecule has 1 rings (SSSR count). The molecule has 0 saturated heterocycles. The second-order valence-electron chi connectivity index (χ2n) is 7.10. The Morgan fingerprint density at radius 1 is 0.731 bits per heavy atom. The fraction of sp³-hybridized carbons (Fsp3) is 0.696. The Morgan fingerprint density at radius 2 is 1.15 bits per heavy atom. The summed E-state index contributed by atoms with van der Waals surface area (Å²) in [7, 11) is 0. The molecule has 0 radical (unpaired) electrons. The molecule has 0 aliphatic carbocycles. The number of hydrogen-bond acceptors (Lipinski definition) is 2. The van der Waals surface area contributed by atoms with E-state index in [1.54, 1.807) is 12.1 Å². The smallest absolute Gasteiger partial charge is 1.00 e. The number of esters is 1. The van der Waals surface area contributed by atoms with Gasteiger partial charge in [0.1, 0.15) is 0 Å². The van der Waals surface area contributed by atoms with E-state index in [9.17, 15) is 4.79 Å². The molecule has 2 nitrogen and oxygen atoms in total. The summed E-state index contributed by atoms with van der Waals surface area (Å²) in [6.07, 6.45) is 18.8. The molecular weight excluding hydrogens is 331 g/mol. The van der Waals surface area contributed by atoms with Gasteiger partial charge in [-0.1, -0.05) is 109 Å². The van der Waals surface area contributed by atoms with E-state index < -0.39 is 0 Å². The summed E-state index contributed by atoms with van der Waals surface area (Å²) in [5, 5.41) is 0. The summed E-state index contributed by atoms with van der Waals surface area (Å²) in [6, 6.07) is 9.23. The van der Waals surface area contributed by atoms with Crippen molar-refractivity contribution in [2.75, 3.05) is 6.61 Å². The SMILES string of the molecule is CCCCCCCCCCCCCCCCOC(=O)c1ccccc1.[H-].[Na+]. The van der Waals surface area contributed by atoms with Crippen molar-refractivity contribution in [1.82, 2.24) is 0 Å². The van der Waals surface area contributed by atoms with E-state index >= 15 is 0 Å². The number of rotatable bonds is 16. The van der Waals surface area contributed by atoms with Crippen molar-refractivity contribution in [2.45, 2.75) is 96.8 Å². The monoisotopic (exact) mass is 370 g/mol. The Hall–Kier alpha value is -0.310. The summed E-state index contributed by atoms with van der Waals surface area (Å²) in [5.74, 6) is -0.199. The first-order valence-electron chi connectivity index (χ1n) is 10.6. The molecule has 0 amide bonds.